The minimum atomic E-state index is -0.178. The van der Waals surface area contributed by atoms with Crippen LogP contribution in [0.4, 0.5) is 0 Å². The van der Waals surface area contributed by atoms with Crippen LogP contribution >= 0.6 is 0 Å². The number of pyridine rings is 1. The molecule has 0 radical (unpaired) electrons. The summed E-state index contributed by atoms with van der Waals surface area (Å²) in [6.45, 7) is 0.702. The number of benzene rings is 1. The molecular weight excluding hydrogens is 354 g/mol. The van der Waals surface area contributed by atoms with E-state index in [1.807, 2.05) is 53.6 Å². The highest BCUT2D eigenvalue weighted by atomic mass is 16.5. The quantitative estimate of drug-likeness (QED) is 0.591. The van der Waals surface area contributed by atoms with E-state index < -0.39 is 0 Å². The van der Waals surface area contributed by atoms with Gasteiger partial charge in [0.1, 0.15) is 11.7 Å². The van der Waals surface area contributed by atoms with E-state index in [1.54, 1.807) is 6.20 Å². The normalized spacial score (nSPS) is 16.7. The summed E-state index contributed by atoms with van der Waals surface area (Å²) in [5.41, 5.74) is 2.71. The number of fused-ring (bicyclic) bond motifs is 1. The number of hydrogen-bond donors (Lipinski definition) is 1. The van der Waals surface area contributed by atoms with Crippen molar-refractivity contribution in [2.24, 2.45) is 0 Å². The van der Waals surface area contributed by atoms with Crippen molar-refractivity contribution < 1.29 is 9.32 Å². The molecule has 1 aromatic carbocycles. The van der Waals surface area contributed by atoms with Gasteiger partial charge in [0.05, 0.1) is 6.42 Å². The number of H-pyrrole nitrogens is 1. The first-order valence-corrected chi connectivity index (χ1v) is 9.39. The summed E-state index contributed by atoms with van der Waals surface area (Å²) in [6.07, 6.45) is 5.70. The zero-order valence-electron chi connectivity index (χ0n) is 15.2. The molecule has 0 aliphatic carbocycles. The van der Waals surface area contributed by atoms with Gasteiger partial charge in [-0.1, -0.05) is 29.4 Å². The van der Waals surface area contributed by atoms with Crippen molar-refractivity contribution in [3.05, 3.63) is 66.3 Å². The average Bonchev–Trinajstić information content (AvgIpc) is 3.48. The number of hydrogen-bond acceptors (Lipinski definition) is 5. The Bertz CT molecular complexity index is 1120. The average molecular weight is 373 g/mol. The first-order chi connectivity index (χ1) is 13.8. The van der Waals surface area contributed by atoms with Gasteiger partial charge >= 0.3 is 0 Å². The van der Waals surface area contributed by atoms with Crippen LogP contribution in [0.15, 0.2) is 59.4 Å². The molecule has 1 aliphatic rings. The zero-order valence-corrected chi connectivity index (χ0v) is 15.2. The topological polar surface area (TPSA) is 87.9 Å². The summed E-state index contributed by atoms with van der Waals surface area (Å²) in [4.78, 5) is 26.9. The van der Waals surface area contributed by atoms with E-state index in [9.17, 15) is 4.79 Å². The van der Waals surface area contributed by atoms with E-state index in [1.165, 1.54) is 0 Å². The number of para-hydroxylation sites is 1. The second-order valence-electron chi connectivity index (χ2n) is 6.95. The molecule has 3 aromatic heterocycles. The third kappa shape index (κ3) is 2.94. The molecular formula is C21H19N5O2. The van der Waals surface area contributed by atoms with E-state index in [-0.39, 0.29) is 11.9 Å². The van der Waals surface area contributed by atoms with Crippen LogP contribution in [-0.4, -0.2) is 37.5 Å². The maximum absolute atomic E-state index is 13.0. The van der Waals surface area contributed by atoms with Gasteiger partial charge in [0.15, 0.2) is 0 Å². The number of amides is 1. The Morgan fingerprint density at radius 1 is 1.21 bits per heavy atom. The summed E-state index contributed by atoms with van der Waals surface area (Å²) in [5.74, 6) is 1.00. The molecule has 7 heteroatoms. The van der Waals surface area contributed by atoms with Crippen molar-refractivity contribution in [3.8, 4) is 11.5 Å². The first kappa shape index (κ1) is 16.7. The molecule has 140 valence electrons. The predicted molar refractivity (Wildman–Crippen MR) is 103 cm³/mol. The predicted octanol–water partition coefficient (Wildman–Crippen LogP) is 3.52. The lowest BCUT2D eigenvalue weighted by atomic mass is 10.1. The van der Waals surface area contributed by atoms with Gasteiger partial charge in [-0.2, -0.15) is 4.98 Å². The van der Waals surface area contributed by atoms with Gasteiger partial charge in [-0.3, -0.25) is 9.78 Å². The molecule has 28 heavy (non-hydrogen) atoms. The zero-order chi connectivity index (χ0) is 18.9. The van der Waals surface area contributed by atoms with Crippen LogP contribution in [0.2, 0.25) is 0 Å². The summed E-state index contributed by atoms with van der Waals surface area (Å²) in [7, 11) is 0. The van der Waals surface area contributed by atoms with Crippen molar-refractivity contribution in [2.75, 3.05) is 6.54 Å². The van der Waals surface area contributed by atoms with Crippen LogP contribution in [0.5, 0.6) is 0 Å². The molecule has 1 N–H and O–H groups in total. The van der Waals surface area contributed by atoms with Crippen LogP contribution in [0.25, 0.3) is 22.4 Å². The van der Waals surface area contributed by atoms with Gasteiger partial charge in [-0.05, 0) is 36.6 Å². The fourth-order valence-corrected chi connectivity index (χ4v) is 3.83. The van der Waals surface area contributed by atoms with E-state index in [4.69, 9.17) is 4.52 Å². The molecule has 0 spiro atoms. The molecule has 5 rings (SSSR count). The summed E-state index contributed by atoms with van der Waals surface area (Å²) < 4.78 is 5.49. The van der Waals surface area contributed by atoms with Crippen LogP contribution in [0, 0.1) is 0 Å². The molecule has 1 amide bonds. The Labute approximate surface area is 161 Å². The van der Waals surface area contributed by atoms with Crippen LogP contribution in [0.1, 0.15) is 30.3 Å². The van der Waals surface area contributed by atoms with Crippen LogP contribution in [-0.2, 0) is 11.2 Å². The monoisotopic (exact) mass is 373 g/mol. The number of carbonyl (C=O) groups excluding carboxylic acids is 1. The number of carbonyl (C=O) groups is 1. The van der Waals surface area contributed by atoms with Gasteiger partial charge in [-0.25, -0.2) is 0 Å². The maximum Gasteiger partial charge on any atom is 0.249 e. The first-order valence-electron chi connectivity index (χ1n) is 9.39. The number of likely N-dealkylation sites (tertiary alicyclic amines) is 1. The molecule has 0 bridgehead atoms. The standard InChI is InChI=1S/C21H19N5O2/c27-19(12-14-13-23-16-7-2-1-6-15(14)16)26-11-5-9-18(26)21-24-20(25-28-21)17-8-3-4-10-22-17/h1-4,6-8,10,13,18,23H,5,9,11-12H2/t18-/m0/s1. The van der Waals surface area contributed by atoms with Crippen LogP contribution < -0.4 is 0 Å². The SMILES string of the molecule is O=C(Cc1c[nH]c2ccccc12)N1CCC[C@H]1c1nc(-c2ccccn2)no1. The Kier molecular flexibility index (Phi) is 4.12. The van der Waals surface area contributed by atoms with E-state index >= 15 is 0 Å². The van der Waals surface area contributed by atoms with Crippen molar-refractivity contribution >= 4 is 16.8 Å². The van der Waals surface area contributed by atoms with E-state index in [0.29, 0.717) is 30.4 Å². The minimum Gasteiger partial charge on any atom is -0.361 e. The Hall–Kier alpha value is -3.48. The second-order valence-corrected chi connectivity index (χ2v) is 6.95. The fraction of sp³-hybridized carbons (Fsp3) is 0.238. The van der Waals surface area contributed by atoms with Crippen molar-refractivity contribution in [2.45, 2.75) is 25.3 Å². The number of aromatic amines is 1. The fourth-order valence-electron chi connectivity index (χ4n) is 3.83. The smallest absolute Gasteiger partial charge is 0.249 e. The maximum atomic E-state index is 13.0. The van der Waals surface area contributed by atoms with Crippen molar-refractivity contribution in [1.82, 2.24) is 25.0 Å². The largest absolute Gasteiger partial charge is 0.361 e. The van der Waals surface area contributed by atoms with Crippen molar-refractivity contribution in [1.29, 1.82) is 0 Å². The molecule has 0 saturated carbocycles. The number of nitrogens with zero attached hydrogens (tertiary/aromatic N) is 4. The molecule has 7 nitrogen and oxygen atoms in total. The number of rotatable bonds is 4. The van der Waals surface area contributed by atoms with Gasteiger partial charge in [0, 0.05) is 29.8 Å². The minimum absolute atomic E-state index is 0.0739. The molecule has 1 aliphatic heterocycles. The lowest BCUT2D eigenvalue weighted by Gasteiger charge is -2.21. The molecule has 1 atom stereocenters. The van der Waals surface area contributed by atoms with E-state index in [2.05, 4.69) is 20.1 Å². The highest BCUT2D eigenvalue weighted by Crippen LogP contribution is 2.32. The molecule has 4 aromatic rings. The summed E-state index contributed by atoms with van der Waals surface area (Å²) in [5, 5.41) is 5.13. The van der Waals surface area contributed by atoms with Crippen LogP contribution in [0.3, 0.4) is 0 Å². The highest BCUT2D eigenvalue weighted by molar-refractivity contribution is 5.89. The van der Waals surface area contributed by atoms with Gasteiger partial charge in [0.25, 0.3) is 0 Å². The highest BCUT2D eigenvalue weighted by Gasteiger charge is 2.34. The third-order valence-electron chi connectivity index (χ3n) is 5.21. The summed E-state index contributed by atoms with van der Waals surface area (Å²) >= 11 is 0. The molecule has 4 heterocycles. The second kappa shape index (κ2) is 6.92. The van der Waals surface area contributed by atoms with Gasteiger partial charge < -0.3 is 14.4 Å². The van der Waals surface area contributed by atoms with Gasteiger partial charge in [0.2, 0.25) is 17.6 Å². The molecule has 1 saturated heterocycles. The number of aromatic nitrogens is 4. The summed E-state index contributed by atoms with van der Waals surface area (Å²) in [6, 6.07) is 13.4. The van der Waals surface area contributed by atoms with E-state index in [0.717, 1.165) is 29.3 Å². The Balaban J connectivity index is 1.37. The lowest BCUT2D eigenvalue weighted by molar-refractivity contribution is -0.131. The Morgan fingerprint density at radius 2 is 2.11 bits per heavy atom. The Morgan fingerprint density at radius 3 is 3.00 bits per heavy atom. The number of nitrogens with one attached hydrogen (secondary N) is 1. The lowest BCUT2D eigenvalue weighted by Crippen LogP contribution is -2.32. The molecule has 0 unspecified atom stereocenters. The molecule has 1 fully saturated rings. The van der Waals surface area contributed by atoms with Gasteiger partial charge in [-0.15, -0.1) is 0 Å². The third-order valence-corrected chi connectivity index (χ3v) is 5.21. The van der Waals surface area contributed by atoms with Crippen molar-refractivity contribution in [3.63, 3.8) is 0 Å².